The lowest BCUT2D eigenvalue weighted by atomic mass is 10.0. The van der Waals surface area contributed by atoms with Gasteiger partial charge in [0.05, 0.1) is 6.04 Å². The van der Waals surface area contributed by atoms with E-state index in [0.29, 0.717) is 31.2 Å². The number of rotatable bonds is 5. The van der Waals surface area contributed by atoms with Crippen molar-refractivity contribution in [2.45, 2.75) is 39.7 Å². The molecule has 4 rings (SSSR count). The van der Waals surface area contributed by atoms with E-state index in [2.05, 4.69) is 34.3 Å². The minimum Gasteiger partial charge on any atom is -0.351 e. The van der Waals surface area contributed by atoms with Gasteiger partial charge >= 0.3 is 0 Å². The third-order valence-corrected chi connectivity index (χ3v) is 6.05. The van der Waals surface area contributed by atoms with Crippen LogP contribution in [0.2, 0.25) is 0 Å². The average Bonchev–Trinajstić information content (AvgIpc) is 3.12. The monoisotopic (exact) mass is 407 g/mol. The fraction of sp³-hybridized carbons (Fsp3) is 0.478. The third kappa shape index (κ3) is 3.88. The number of fused-ring (bicyclic) bond motifs is 3. The summed E-state index contributed by atoms with van der Waals surface area (Å²) in [6, 6.07) is 9.59. The van der Waals surface area contributed by atoms with Gasteiger partial charge in [0.1, 0.15) is 0 Å². The first-order valence-corrected chi connectivity index (χ1v) is 10.7. The van der Waals surface area contributed by atoms with Gasteiger partial charge in [-0.2, -0.15) is 0 Å². The van der Waals surface area contributed by atoms with Crippen LogP contribution in [0.4, 0.5) is 5.82 Å². The maximum Gasteiger partial charge on any atom is 0.272 e. The lowest BCUT2D eigenvalue weighted by Crippen LogP contribution is -2.53. The Bertz CT molecular complexity index is 944. The SMILES string of the molecule is Cc1c(C(=O)NCCC(C)C)nnc2c1CC1CN(C(=O)c3ccccc3)CCN21. The maximum atomic E-state index is 12.8. The molecule has 3 heterocycles. The Balaban J connectivity index is 1.47. The predicted octanol–water partition coefficient (Wildman–Crippen LogP) is 2.45. The average molecular weight is 408 g/mol. The number of carbonyl (C=O) groups is 2. The molecule has 2 aliphatic heterocycles. The van der Waals surface area contributed by atoms with Crippen LogP contribution in [0.15, 0.2) is 30.3 Å². The van der Waals surface area contributed by atoms with E-state index in [1.165, 1.54) is 0 Å². The van der Waals surface area contributed by atoms with E-state index in [1.54, 1.807) is 0 Å². The van der Waals surface area contributed by atoms with Gasteiger partial charge in [-0.3, -0.25) is 9.59 Å². The van der Waals surface area contributed by atoms with Crippen LogP contribution in [-0.4, -0.2) is 59.1 Å². The summed E-state index contributed by atoms with van der Waals surface area (Å²) in [7, 11) is 0. The Morgan fingerprint density at radius 2 is 1.93 bits per heavy atom. The first-order chi connectivity index (χ1) is 14.5. The van der Waals surface area contributed by atoms with Crippen LogP contribution in [0.25, 0.3) is 0 Å². The second-order valence-electron chi connectivity index (χ2n) is 8.58. The zero-order chi connectivity index (χ0) is 21.3. The van der Waals surface area contributed by atoms with Gasteiger partial charge in [0.25, 0.3) is 11.8 Å². The van der Waals surface area contributed by atoms with Gasteiger partial charge in [0.2, 0.25) is 0 Å². The van der Waals surface area contributed by atoms with E-state index in [1.807, 2.05) is 42.2 Å². The summed E-state index contributed by atoms with van der Waals surface area (Å²) in [6.45, 7) is 8.89. The summed E-state index contributed by atoms with van der Waals surface area (Å²) < 4.78 is 0. The van der Waals surface area contributed by atoms with Crippen molar-refractivity contribution < 1.29 is 9.59 Å². The van der Waals surface area contributed by atoms with Crippen molar-refractivity contribution in [3.63, 3.8) is 0 Å². The van der Waals surface area contributed by atoms with Crippen molar-refractivity contribution in [2.75, 3.05) is 31.1 Å². The summed E-state index contributed by atoms with van der Waals surface area (Å²) in [4.78, 5) is 29.6. The maximum absolute atomic E-state index is 12.8. The second-order valence-corrected chi connectivity index (χ2v) is 8.58. The van der Waals surface area contributed by atoms with E-state index >= 15 is 0 Å². The van der Waals surface area contributed by atoms with E-state index < -0.39 is 0 Å². The van der Waals surface area contributed by atoms with Gasteiger partial charge in [0.15, 0.2) is 11.5 Å². The first-order valence-electron chi connectivity index (χ1n) is 10.7. The lowest BCUT2D eigenvalue weighted by Gasteiger charge is -2.38. The highest BCUT2D eigenvalue weighted by atomic mass is 16.2. The smallest absolute Gasteiger partial charge is 0.272 e. The molecule has 0 bridgehead atoms. The highest BCUT2D eigenvalue weighted by Crippen LogP contribution is 2.35. The predicted molar refractivity (Wildman–Crippen MR) is 116 cm³/mol. The molecule has 7 heteroatoms. The molecule has 0 spiro atoms. The summed E-state index contributed by atoms with van der Waals surface area (Å²) in [6.07, 6.45) is 1.71. The Morgan fingerprint density at radius 3 is 2.67 bits per heavy atom. The number of benzene rings is 1. The van der Waals surface area contributed by atoms with Crippen molar-refractivity contribution in [2.24, 2.45) is 5.92 Å². The number of nitrogens with zero attached hydrogens (tertiary/aromatic N) is 4. The molecule has 158 valence electrons. The summed E-state index contributed by atoms with van der Waals surface area (Å²) in [5.74, 6) is 1.31. The van der Waals surface area contributed by atoms with Crippen molar-refractivity contribution in [3.05, 3.63) is 52.7 Å². The molecular formula is C23H29N5O2. The van der Waals surface area contributed by atoms with Crippen LogP contribution in [0, 0.1) is 12.8 Å². The Kier molecular flexibility index (Phi) is 5.70. The van der Waals surface area contributed by atoms with Gasteiger partial charge in [0, 0.05) is 37.3 Å². The first kappa shape index (κ1) is 20.3. The molecule has 0 aliphatic carbocycles. The molecular weight excluding hydrogens is 378 g/mol. The van der Waals surface area contributed by atoms with Crippen LogP contribution < -0.4 is 10.2 Å². The fourth-order valence-electron chi connectivity index (χ4n) is 4.28. The zero-order valence-electron chi connectivity index (χ0n) is 17.9. The van der Waals surface area contributed by atoms with Gasteiger partial charge in [-0.15, -0.1) is 10.2 Å². The van der Waals surface area contributed by atoms with Gasteiger partial charge in [-0.25, -0.2) is 0 Å². The van der Waals surface area contributed by atoms with Crippen molar-refractivity contribution >= 4 is 17.6 Å². The zero-order valence-corrected chi connectivity index (χ0v) is 17.9. The van der Waals surface area contributed by atoms with Crippen molar-refractivity contribution in [1.82, 2.24) is 20.4 Å². The van der Waals surface area contributed by atoms with Crippen LogP contribution >= 0.6 is 0 Å². The number of amides is 2. The molecule has 1 unspecified atom stereocenters. The Morgan fingerprint density at radius 1 is 1.17 bits per heavy atom. The molecule has 7 nitrogen and oxygen atoms in total. The van der Waals surface area contributed by atoms with Gasteiger partial charge in [-0.1, -0.05) is 32.0 Å². The van der Waals surface area contributed by atoms with E-state index in [9.17, 15) is 9.59 Å². The lowest BCUT2D eigenvalue weighted by molar-refractivity contribution is 0.0724. The second kappa shape index (κ2) is 8.42. The normalized spacial score (nSPS) is 17.7. The summed E-state index contributed by atoms with van der Waals surface area (Å²) >= 11 is 0. The summed E-state index contributed by atoms with van der Waals surface area (Å²) in [5, 5.41) is 11.6. The van der Waals surface area contributed by atoms with Crippen LogP contribution in [0.1, 0.15) is 52.2 Å². The molecule has 2 aromatic rings. The number of carbonyl (C=O) groups excluding carboxylic acids is 2. The number of hydrogen-bond donors (Lipinski definition) is 1. The molecule has 1 aromatic heterocycles. The summed E-state index contributed by atoms with van der Waals surface area (Å²) in [5.41, 5.74) is 3.11. The molecule has 1 aromatic carbocycles. The van der Waals surface area contributed by atoms with E-state index in [4.69, 9.17) is 0 Å². The minimum absolute atomic E-state index is 0.0687. The number of aromatic nitrogens is 2. The van der Waals surface area contributed by atoms with Crippen molar-refractivity contribution in [1.29, 1.82) is 0 Å². The number of piperazine rings is 1. The molecule has 1 N–H and O–H groups in total. The Hall–Kier alpha value is -2.96. The molecule has 0 radical (unpaired) electrons. The topological polar surface area (TPSA) is 78.4 Å². The van der Waals surface area contributed by atoms with Gasteiger partial charge < -0.3 is 15.1 Å². The van der Waals surface area contributed by atoms with Gasteiger partial charge in [-0.05, 0) is 43.4 Å². The fourth-order valence-corrected chi connectivity index (χ4v) is 4.28. The molecule has 2 aliphatic rings. The number of nitrogens with one attached hydrogen (secondary N) is 1. The van der Waals surface area contributed by atoms with E-state index in [-0.39, 0.29) is 17.9 Å². The Labute approximate surface area is 177 Å². The number of hydrogen-bond acceptors (Lipinski definition) is 5. The molecule has 1 atom stereocenters. The minimum atomic E-state index is -0.158. The highest BCUT2D eigenvalue weighted by molar-refractivity contribution is 5.95. The standard InChI is InChI=1S/C23H29N5O2/c1-15(2)9-10-24-22(29)20-16(3)19-13-18-14-27(11-12-28(18)21(19)26-25-20)23(30)17-7-5-4-6-8-17/h4-8,15,18H,9-14H2,1-3H3,(H,24,29). The molecule has 1 fully saturated rings. The molecule has 2 amide bonds. The third-order valence-electron chi connectivity index (χ3n) is 6.05. The molecule has 1 saturated heterocycles. The van der Waals surface area contributed by atoms with Crippen molar-refractivity contribution in [3.8, 4) is 0 Å². The molecule has 30 heavy (non-hydrogen) atoms. The van der Waals surface area contributed by atoms with Crippen LogP contribution in [-0.2, 0) is 6.42 Å². The molecule has 0 saturated carbocycles. The van der Waals surface area contributed by atoms with Crippen LogP contribution in [0.3, 0.4) is 0 Å². The van der Waals surface area contributed by atoms with E-state index in [0.717, 1.165) is 41.9 Å². The van der Waals surface area contributed by atoms with Crippen LogP contribution in [0.5, 0.6) is 0 Å². The highest BCUT2D eigenvalue weighted by Gasteiger charge is 2.38. The largest absolute Gasteiger partial charge is 0.351 e. The quantitative estimate of drug-likeness (QED) is 0.824. The number of anilines is 1.